The zero-order chi connectivity index (χ0) is 14.8. The molecule has 106 valence electrons. The molecule has 3 rings (SSSR count). The van der Waals surface area contributed by atoms with Crippen LogP contribution in [-0.2, 0) is 0 Å². The summed E-state index contributed by atoms with van der Waals surface area (Å²) in [5, 5.41) is 5.33. The zero-order valence-electron chi connectivity index (χ0n) is 12.0. The Morgan fingerprint density at radius 1 is 1.19 bits per heavy atom. The number of aromatic nitrogens is 2. The minimum absolute atomic E-state index is 0.0344. The van der Waals surface area contributed by atoms with Gasteiger partial charge in [-0.25, -0.2) is 4.52 Å². The normalized spacial score (nSPS) is 11.0. The summed E-state index contributed by atoms with van der Waals surface area (Å²) in [6.07, 6.45) is 1.88. The van der Waals surface area contributed by atoms with E-state index in [0.29, 0.717) is 11.1 Å². The van der Waals surface area contributed by atoms with E-state index < -0.39 is 0 Å². The Hall–Kier alpha value is -2.07. The summed E-state index contributed by atoms with van der Waals surface area (Å²) >= 11 is 1.60. The molecule has 0 unspecified atom stereocenters. The van der Waals surface area contributed by atoms with Crippen molar-refractivity contribution in [2.24, 2.45) is 0 Å². The van der Waals surface area contributed by atoms with Crippen LogP contribution in [0.3, 0.4) is 0 Å². The van der Waals surface area contributed by atoms with E-state index in [-0.39, 0.29) is 5.78 Å². The van der Waals surface area contributed by atoms with E-state index in [1.165, 1.54) is 0 Å². The molecule has 4 heteroatoms. The van der Waals surface area contributed by atoms with Crippen molar-refractivity contribution in [2.45, 2.75) is 18.9 Å². The standard InChI is InChI=1S/C17H16N2OS/c1-3-21-17-15(14-6-4-5-11-19(14)18-17)16(20)13-9-7-12(2)8-10-13/h4-11H,3H2,1-2H3. The Morgan fingerprint density at radius 3 is 2.67 bits per heavy atom. The Kier molecular flexibility index (Phi) is 3.80. The molecule has 0 atom stereocenters. The maximum absolute atomic E-state index is 12.9. The van der Waals surface area contributed by atoms with Gasteiger partial charge in [0.2, 0.25) is 0 Å². The van der Waals surface area contributed by atoms with Gasteiger partial charge in [-0.1, -0.05) is 42.8 Å². The van der Waals surface area contributed by atoms with Gasteiger partial charge in [0.1, 0.15) is 5.03 Å². The van der Waals surface area contributed by atoms with Crippen LogP contribution >= 0.6 is 11.8 Å². The number of aryl methyl sites for hydroxylation is 1. The van der Waals surface area contributed by atoms with Crippen LogP contribution in [0, 0.1) is 6.92 Å². The topological polar surface area (TPSA) is 34.4 Å². The Labute approximate surface area is 128 Å². The third kappa shape index (κ3) is 2.59. The molecule has 0 aliphatic rings. The van der Waals surface area contributed by atoms with Gasteiger partial charge in [0.05, 0.1) is 11.1 Å². The van der Waals surface area contributed by atoms with Crippen LogP contribution in [0.5, 0.6) is 0 Å². The van der Waals surface area contributed by atoms with Gasteiger partial charge in [-0.3, -0.25) is 4.79 Å². The fraction of sp³-hybridized carbons (Fsp3) is 0.176. The van der Waals surface area contributed by atoms with Gasteiger partial charge in [-0.05, 0) is 24.8 Å². The van der Waals surface area contributed by atoms with Crippen molar-refractivity contribution >= 4 is 23.1 Å². The highest BCUT2D eigenvalue weighted by molar-refractivity contribution is 7.99. The van der Waals surface area contributed by atoms with Crippen molar-refractivity contribution < 1.29 is 4.79 Å². The van der Waals surface area contributed by atoms with Gasteiger partial charge in [0.15, 0.2) is 5.78 Å². The van der Waals surface area contributed by atoms with Crippen LogP contribution in [0.1, 0.15) is 28.4 Å². The first-order chi connectivity index (χ1) is 10.2. The zero-order valence-corrected chi connectivity index (χ0v) is 12.9. The van der Waals surface area contributed by atoms with Crippen molar-refractivity contribution in [1.29, 1.82) is 0 Å². The van der Waals surface area contributed by atoms with E-state index >= 15 is 0 Å². The van der Waals surface area contributed by atoms with Gasteiger partial charge in [-0.2, -0.15) is 5.10 Å². The molecule has 0 aliphatic carbocycles. The van der Waals surface area contributed by atoms with E-state index in [0.717, 1.165) is 21.9 Å². The highest BCUT2D eigenvalue weighted by Gasteiger charge is 2.20. The molecule has 2 heterocycles. The maximum atomic E-state index is 12.9. The minimum Gasteiger partial charge on any atom is -0.288 e. The first kappa shape index (κ1) is 13.9. The fourth-order valence-corrected chi connectivity index (χ4v) is 3.04. The average Bonchev–Trinajstić information content (AvgIpc) is 2.85. The monoisotopic (exact) mass is 296 g/mol. The van der Waals surface area contributed by atoms with Gasteiger partial charge in [-0.15, -0.1) is 11.8 Å². The number of benzene rings is 1. The number of hydrogen-bond donors (Lipinski definition) is 0. The lowest BCUT2D eigenvalue weighted by atomic mass is 10.0. The number of fused-ring (bicyclic) bond motifs is 1. The molecule has 0 fully saturated rings. The lowest BCUT2D eigenvalue weighted by Gasteiger charge is -2.02. The van der Waals surface area contributed by atoms with Crippen molar-refractivity contribution in [2.75, 3.05) is 5.75 Å². The van der Waals surface area contributed by atoms with Crippen molar-refractivity contribution in [3.63, 3.8) is 0 Å². The van der Waals surface area contributed by atoms with E-state index in [2.05, 4.69) is 12.0 Å². The molecule has 3 aromatic rings. The molecule has 0 N–H and O–H groups in total. The minimum atomic E-state index is 0.0344. The summed E-state index contributed by atoms with van der Waals surface area (Å²) in [5.41, 5.74) is 3.41. The molecule has 0 radical (unpaired) electrons. The highest BCUT2D eigenvalue weighted by Crippen LogP contribution is 2.27. The van der Waals surface area contributed by atoms with Crippen LogP contribution in [-0.4, -0.2) is 21.2 Å². The predicted molar refractivity (Wildman–Crippen MR) is 86.2 cm³/mol. The number of hydrogen-bond acceptors (Lipinski definition) is 3. The van der Waals surface area contributed by atoms with E-state index in [4.69, 9.17) is 0 Å². The molecule has 0 bridgehead atoms. The third-order valence-electron chi connectivity index (χ3n) is 3.33. The number of ketones is 1. The number of thioether (sulfide) groups is 1. The summed E-state index contributed by atoms with van der Waals surface area (Å²) in [5.74, 6) is 0.921. The van der Waals surface area contributed by atoms with Crippen LogP contribution in [0.4, 0.5) is 0 Å². The van der Waals surface area contributed by atoms with Gasteiger partial charge in [0.25, 0.3) is 0 Å². The van der Waals surface area contributed by atoms with E-state index in [1.54, 1.807) is 16.3 Å². The predicted octanol–water partition coefficient (Wildman–Crippen LogP) is 3.99. The van der Waals surface area contributed by atoms with Gasteiger partial charge in [0, 0.05) is 11.8 Å². The molecule has 0 amide bonds. The van der Waals surface area contributed by atoms with Crippen molar-refractivity contribution in [3.05, 3.63) is 65.4 Å². The molecule has 21 heavy (non-hydrogen) atoms. The van der Waals surface area contributed by atoms with E-state index in [9.17, 15) is 4.79 Å². The second-order valence-electron chi connectivity index (χ2n) is 4.84. The largest absolute Gasteiger partial charge is 0.288 e. The molecule has 0 aliphatic heterocycles. The van der Waals surface area contributed by atoms with Crippen molar-refractivity contribution in [3.8, 4) is 0 Å². The lowest BCUT2D eigenvalue weighted by Crippen LogP contribution is -2.02. The smallest absolute Gasteiger partial charge is 0.197 e. The first-order valence-electron chi connectivity index (χ1n) is 6.92. The molecule has 0 saturated heterocycles. The maximum Gasteiger partial charge on any atom is 0.197 e. The second-order valence-corrected chi connectivity index (χ2v) is 6.09. The fourth-order valence-electron chi connectivity index (χ4n) is 2.28. The SMILES string of the molecule is CCSc1nn2ccccc2c1C(=O)c1ccc(C)cc1. The quantitative estimate of drug-likeness (QED) is 0.539. The molecule has 1 aromatic carbocycles. The lowest BCUT2D eigenvalue weighted by molar-refractivity contribution is 0.103. The first-order valence-corrected chi connectivity index (χ1v) is 7.91. The van der Waals surface area contributed by atoms with Gasteiger partial charge < -0.3 is 0 Å². The number of pyridine rings is 1. The highest BCUT2D eigenvalue weighted by atomic mass is 32.2. The summed E-state index contributed by atoms with van der Waals surface area (Å²) in [6.45, 7) is 4.08. The second kappa shape index (κ2) is 5.74. The Morgan fingerprint density at radius 2 is 1.95 bits per heavy atom. The van der Waals surface area contributed by atoms with Crippen LogP contribution in [0.15, 0.2) is 53.7 Å². The summed E-state index contributed by atoms with van der Waals surface area (Å²) in [6, 6.07) is 13.5. The average molecular weight is 296 g/mol. The Bertz CT molecular complexity index is 790. The summed E-state index contributed by atoms with van der Waals surface area (Å²) in [7, 11) is 0. The van der Waals surface area contributed by atoms with Crippen molar-refractivity contribution in [1.82, 2.24) is 9.61 Å². The van der Waals surface area contributed by atoms with Crippen LogP contribution in [0.2, 0.25) is 0 Å². The number of nitrogens with zero attached hydrogens (tertiary/aromatic N) is 2. The van der Waals surface area contributed by atoms with E-state index in [1.807, 2.05) is 55.6 Å². The third-order valence-corrected chi connectivity index (χ3v) is 4.18. The number of rotatable bonds is 4. The molecule has 0 spiro atoms. The van der Waals surface area contributed by atoms with Crippen LogP contribution in [0.25, 0.3) is 5.52 Å². The molecular formula is C17H16N2OS. The van der Waals surface area contributed by atoms with Gasteiger partial charge >= 0.3 is 0 Å². The summed E-state index contributed by atoms with van der Waals surface area (Å²) < 4.78 is 1.78. The molecule has 2 aromatic heterocycles. The molecule has 3 nitrogen and oxygen atoms in total. The van der Waals surface area contributed by atoms with Crippen LogP contribution < -0.4 is 0 Å². The molecular weight excluding hydrogens is 280 g/mol. The number of carbonyl (C=O) groups is 1. The summed E-state index contributed by atoms with van der Waals surface area (Å²) in [4.78, 5) is 12.9. The Balaban J connectivity index is 2.15. The number of carbonyl (C=O) groups excluding carboxylic acids is 1. The molecule has 0 saturated carbocycles.